The molecule has 0 saturated carbocycles. The van der Waals surface area contributed by atoms with Crippen LogP contribution in [0.3, 0.4) is 0 Å². The van der Waals surface area contributed by atoms with Gasteiger partial charge in [0, 0.05) is 65.3 Å². The van der Waals surface area contributed by atoms with Crippen molar-refractivity contribution in [1.82, 2.24) is 4.90 Å². The van der Waals surface area contributed by atoms with E-state index in [-0.39, 0.29) is 16.6 Å². The summed E-state index contributed by atoms with van der Waals surface area (Å²) in [6.45, 7) is 16.3. The van der Waals surface area contributed by atoms with Gasteiger partial charge >= 0.3 is 6.09 Å². The molecule has 3 aliphatic rings. The molecule has 2 heterocycles. The van der Waals surface area contributed by atoms with Crippen LogP contribution in [0.5, 0.6) is 0 Å². The fraction of sp³-hybridized carbons (Fsp3) is 0.429. The van der Waals surface area contributed by atoms with E-state index >= 15 is 0 Å². The highest BCUT2D eigenvalue weighted by molar-refractivity contribution is 7.94. The van der Waals surface area contributed by atoms with E-state index < -0.39 is 21.8 Å². The number of unbranched alkanes of at least 4 members (excludes halogenated alkanes) is 2. The van der Waals surface area contributed by atoms with Gasteiger partial charge in [-0.2, -0.15) is 13.0 Å². The minimum Gasteiger partial charge on any atom is -0.443 e. The average Bonchev–Trinajstić information content (AvgIpc) is 3.78. The zero-order chi connectivity index (χ0) is 44.7. The summed E-state index contributed by atoms with van der Waals surface area (Å²) >= 11 is 1.07. The Kier molecular flexibility index (Phi) is 15.1. The van der Waals surface area contributed by atoms with E-state index in [0.717, 1.165) is 70.9 Å². The molecule has 11 nitrogen and oxygen atoms in total. The molecule has 0 spiro atoms. The summed E-state index contributed by atoms with van der Waals surface area (Å²) in [5, 5.41) is 12.3. The Morgan fingerprint density at radius 1 is 0.871 bits per heavy atom. The van der Waals surface area contributed by atoms with Crippen molar-refractivity contribution < 1.29 is 41.7 Å². The summed E-state index contributed by atoms with van der Waals surface area (Å²) in [6, 6.07) is 26.8. The highest BCUT2D eigenvalue weighted by Gasteiger charge is 2.44. The summed E-state index contributed by atoms with van der Waals surface area (Å²) in [5.41, 5.74) is 9.38. The smallest absolute Gasteiger partial charge is 0.415 e. The Bertz CT molecular complexity index is 2360. The first kappa shape index (κ1) is 47.0. The lowest BCUT2D eigenvalue weighted by Crippen LogP contribution is -2.36. The molecule has 1 amide bonds. The lowest BCUT2D eigenvalue weighted by atomic mass is 9.81. The molecule has 332 valence electrons. The molecule has 62 heavy (non-hydrogen) atoms. The first-order valence-electron chi connectivity index (χ1n) is 21.5. The third-order valence-electron chi connectivity index (χ3n) is 11.8. The van der Waals surface area contributed by atoms with Crippen LogP contribution in [0.15, 0.2) is 126 Å². The fourth-order valence-electron chi connectivity index (χ4n) is 8.87. The van der Waals surface area contributed by atoms with Gasteiger partial charge < -0.3 is 9.64 Å². The molecule has 0 bridgehead atoms. The summed E-state index contributed by atoms with van der Waals surface area (Å²) in [4.78, 5) is 18.7. The van der Waals surface area contributed by atoms with Crippen molar-refractivity contribution in [3.05, 3.63) is 142 Å². The molecule has 1 aliphatic carbocycles. The lowest BCUT2D eigenvalue weighted by Gasteiger charge is -2.30. The third-order valence-corrected chi connectivity index (χ3v) is 13.2. The Morgan fingerprint density at radius 3 is 2.27 bits per heavy atom. The third kappa shape index (κ3) is 11.2. The maximum absolute atomic E-state index is 14.5. The molecule has 0 saturated heterocycles. The number of amides is 1. The number of benzene rings is 3. The van der Waals surface area contributed by atoms with Gasteiger partial charge in [-0.1, -0.05) is 97.8 Å². The van der Waals surface area contributed by atoms with E-state index in [1.54, 1.807) is 4.90 Å². The molecule has 0 fully saturated rings. The zero-order valence-electron chi connectivity index (χ0n) is 37.1. The van der Waals surface area contributed by atoms with Gasteiger partial charge in [0.2, 0.25) is 5.69 Å². The molecular formula is C49H62N3O8S2+. The number of nitrogens with zero attached hydrogens (tertiary/aromatic N) is 3. The number of anilines is 1. The van der Waals surface area contributed by atoms with Crippen molar-refractivity contribution in [1.29, 1.82) is 0 Å². The molecule has 2 aliphatic heterocycles. The van der Waals surface area contributed by atoms with Crippen LogP contribution in [0.25, 0.3) is 0 Å². The Hall–Kier alpha value is -4.50. The second-order valence-corrected chi connectivity index (χ2v) is 20.5. The quantitative estimate of drug-likeness (QED) is 0.0318. The summed E-state index contributed by atoms with van der Waals surface area (Å²) in [6.07, 6.45) is 12.4. The van der Waals surface area contributed by atoms with Crippen LogP contribution >= 0.6 is 12.0 Å². The molecule has 6 rings (SSSR count). The minimum atomic E-state index is -4.06. The van der Waals surface area contributed by atoms with Crippen molar-refractivity contribution in [3.63, 3.8) is 0 Å². The second kappa shape index (κ2) is 19.9. The van der Waals surface area contributed by atoms with Crippen LogP contribution in [0.2, 0.25) is 0 Å². The number of hydrogen-bond acceptors (Lipinski definition) is 9. The van der Waals surface area contributed by atoms with Crippen molar-refractivity contribution in [3.8, 4) is 0 Å². The van der Waals surface area contributed by atoms with Gasteiger partial charge in [0.25, 0.3) is 10.1 Å². The Labute approximate surface area is 372 Å². The molecular weight excluding hydrogens is 823 g/mol. The monoisotopic (exact) mass is 884 g/mol. The molecule has 0 aromatic heterocycles. The predicted octanol–water partition coefficient (Wildman–Crippen LogP) is 11.2. The lowest BCUT2D eigenvalue weighted by molar-refractivity contribution is -0.438. The molecule has 0 unspecified atom stereocenters. The van der Waals surface area contributed by atoms with E-state index in [0.29, 0.717) is 44.5 Å². The zero-order valence-corrected chi connectivity index (χ0v) is 38.7. The standard InChI is InChI=1S/C49H61N3O8S2/c1-47(2,3)58-46(53)52(35-36-19-9-8-10-20-36)45-37(27-29-43-48(4,5)39-21-11-13-23-41(39)50(43)31-15-17-33-61-60-59-54)25-26-38(45)28-30-44-49(6,7)40-22-12-14-24-42(40)51(44)32-16-18-34-62(55,56)57/h8-14,19-24,27-30H,15-18,25-26,31-35H2,1-7H3,(H-,54,55,56,57)/p+1. The number of carbonyl (C=O) groups excluding carboxylic acids is 1. The van der Waals surface area contributed by atoms with Gasteiger partial charge in [-0.05, 0) is 101 Å². The maximum atomic E-state index is 14.5. The van der Waals surface area contributed by atoms with Crippen LogP contribution in [-0.2, 0) is 41.6 Å². The number of allylic oxidation sites excluding steroid dienone is 7. The predicted molar refractivity (Wildman–Crippen MR) is 248 cm³/mol. The van der Waals surface area contributed by atoms with Crippen LogP contribution in [0.4, 0.5) is 16.2 Å². The fourth-order valence-corrected chi connectivity index (χ4v) is 9.87. The van der Waals surface area contributed by atoms with Crippen LogP contribution in [0.1, 0.15) is 104 Å². The number of ether oxygens (including phenoxy) is 1. The Morgan fingerprint density at radius 2 is 1.56 bits per heavy atom. The summed E-state index contributed by atoms with van der Waals surface area (Å²) in [5.74, 6) is 0.389. The van der Waals surface area contributed by atoms with Gasteiger partial charge in [0.15, 0.2) is 5.71 Å². The van der Waals surface area contributed by atoms with Crippen molar-refractivity contribution in [2.75, 3.05) is 29.5 Å². The molecule has 3 aromatic carbocycles. The average molecular weight is 885 g/mol. The van der Waals surface area contributed by atoms with E-state index in [1.165, 1.54) is 16.8 Å². The van der Waals surface area contributed by atoms with Gasteiger partial charge in [0.1, 0.15) is 12.1 Å². The first-order chi connectivity index (χ1) is 29.4. The van der Waals surface area contributed by atoms with Crippen LogP contribution < -0.4 is 4.90 Å². The van der Waals surface area contributed by atoms with Crippen molar-refractivity contribution in [2.45, 2.75) is 110 Å². The van der Waals surface area contributed by atoms with E-state index in [2.05, 4.69) is 107 Å². The largest absolute Gasteiger partial charge is 0.443 e. The molecule has 13 heteroatoms. The highest BCUT2D eigenvalue weighted by atomic mass is 32.2. The minimum absolute atomic E-state index is 0.280. The van der Waals surface area contributed by atoms with Gasteiger partial charge in [-0.25, -0.2) is 10.1 Å². The van der Waals surface area contributed by atoms with Crippen molar-refractivity contribution >= 4 is 45.3 Å². The van der Waals surface area contributed by atoms with Crippen LogP contribution in [0, 0.1) is 0 Å². The molecule has 0 radical (unpaired) electrons. The van der Waals surface area contributed by atoms with Gasteiger partial charge in [-0.15, -0.1) is 4.33 Å². The number of carbonyl (C=O) groups is 1. The normalized spacial score (nSPS) is 18.4. The first-order valence-corrected chi connectivity index (χ1v) is 24.0. The molecule has 0 atom stereocenters. The molecule has 2 N–H and O–H groups in total. The number of hydrogen-bond donors (Lipinski definition) is 2. The second-order valence-electron chi connectivity index (χ2n) is 18.1. The van der Waals surface area contributed by atoms with Gasteiger partial charge in [-0.3, -0.25) is 9.45 Å². The Balaban J connectivity index is 1.46. The summed E-state index contributed by atoms with van der Waals surface area (Å²) < 4.78 is 45.5. The SMILES string of the molecule is CC(C)(C)OC(=O)N(Cc1ccccc1)C1=C(C=CC2=[N+](CCCCS(=O)(=O)O)c3ccccc3C2(C)C)CCC1=CC=C1N(CCCCSOOO)c2ccccc2C1(C)C. The summed E-state index contributed by atoms with van der Waals surface area (Å²) in [7, 11) is -4.06. The van der Waals surface area contributed by atoms with Crippen molar-refractivity contribution in [2.24, 2.45) is 0 Å². The van der Waals surface area contributed by atoms with E-state index in [1.807, 2.05) is 63.2 Å². The van der Waals surface area contributed by atoms with E-state index in [9.17, 15) is 17.8 Å². The molecule has 3 aromatic rings. The number of para-hydroxylation sites is 2. The number of fused-ring (bicyclic) bond motifs is 2. The topological polar surface area (TPSA) is 129 Å². The van der Waals surface area contributed by atoms with E-state index in [4.69, 9.17) is 9.99 Å². The highest BCUT2D eigenvalue weighted by Crippen LogP contribution is 2.48. The van der Waals surface area contributed by atoms with Gasteiger partial charge in [0.05, 0.1) is 23.4 Å². The van der Waals surface area contributed by atoms with Crippen LogP contribution in [-0.4, -0.2) is 69.7 Å². The maximum Gasteiger partial charge on any atom is 0.415 e. The number of rotatable bonds is 18.